The van der Waals surface area contributed by atoms with Crippen molar-refractivity contribution in [3.8, 4) is 0 Å². The summed E-state index contributed by atoms with van der Waals surface area (Å²) in [7, 11) is 0. The molecule has 0 fully saturated rings. The van der Waals surface area contributed by atoms with Gasteiger partial charge in [-0.2, -0.15) is 5.10 Å². The van der Waals surface area contributed by atoms with Crippen LogP contribution in [-0.4, -0.2) is 14.8 Å². The van der Waals surface area contributed by atoms with Gasteiger partial charge in [0.25, 0.3) is 0 Å². The standard InChI is InChI=1S/C14H20N4/c1-9-5-7-13(8-6-9)14(15)10(2)18-12(4)16-11(3)17-18/h5-8,10,14H,15H2,1-4H3. The van der Waals surface area contributed by atoms with Crippen molar-refractivity contribution in [2.24, 2.45) is 5.73 Å². The van der Waals surface area contributed by atoms with Gasteiger partial charge in [-0.3, -0.25) is 0 Å². The molecule has 1 heterocycles. The van der Waals surface area contributed by atoms with Crippen molar-refractivity contribution in [2.45, 2.75) is 39.8 Å². The highest BCUT2D eigenvalue weighted by Crippen LogP contribution is 2.24. The van der Waals surface area contributed by atoms with Crippen LogP contribution in [0.1, 0.15) is 41.8 Å². The minimum absolute atomic E-state index is 0.0783. The van der Waals surface area contributed by atoms with Crippen LogP contribution in [-0.2, 0) is 0 Å². The number of benzene rings is 1. The second-order valence-corrected chi connectivity index (χ2v) is 4.83. The smallest absolute Gasteiger partial charge is 0.147 e. The van der Waals surface area contributed by atoms with Gasteiger partial charge in [0.2, 0.25) is 0 Å². The van der Waals surface area contributed by atoms with Gasteiger partial charge in [-0.25, -0.2) is 9.67 Å². The highest BCUT2D eigenvalue weighted by Gasteiger charge is 2.19. The Hall–Kier alpha value is -1.68. The molecular formula is C14H20N4. The minimum Gasteiger partial charge on any atom is -0.322 e. The molecule has 4 nitrogen and oxygen atoms in total. The van der Waals surface area contributed by atoms with Crippen LogP contribution in [0.25, 0.3) is 0 Å². The molecule has 0 radical (unpaired) electrons. The molecule has 0 spiro atoms. The largest absolute Gasteiger partial charge is 0.322 e. The van der Waals surface area contributed by atoms with Crippen LogP contribution in [0.15, 0.2) is 24.3 Å². The van der Waals surface area contributed by atoms with E-state index in [0.29, 0.717) is 0 Å². The first-order valence-electron chi connectivity index (χ1n) is 6.21. The fraction of sp³-hybridized carbons (Fsp3) is 0.429. The lowest BCUT2D eigenvalue weighted by Crippen LogP contribution is -2.24. The van der Waals surface area contributed by atoms with Crippen molar-refractivity contribution in [3.05, 3.63) is 47.0 Å². The van der Waals surface area contributed by atoms with Crippen LogP contribution in [0.5, 0.6) is 0 Å². The third-order valence-electron chi connectivity index (χ3n) is 3.28. The first kappa shape index (κ1) is 12.8. The summed E-state index contributed by atoms with van der Waals surface area (Å²) in [5, 5.41) is 4.40. The number of rotatable bonds is 3. The quantitative estimate of drug-likeness (QED) is 0.902. The zero-order valence-electron chi connectivity index (χ0n) is 11.4. The second kappa shape index (κ2) is 4.90. The zero-order valence-corrected chi connectivity index (χ0v) is 11.4. The molecule has 0 saturated carbocycles. The molecule has 2 atom stereocenters. The lowest BCUT2D eigenvalue weighted by molar-refractivity contribution is 0.404. The van der Waals surface area contributed by atoms with Gasteiger partial charge < -0.3 is 5.73 Å². The molecule has 1 aromatic heterocycles. The van der Waals surface area contributed by atoms with E-state index in [-0.39, 0.29) is 12.1 Å². The van der Waals surface area contributed by atoms with E-state index >= 15 is 0 Å². The van der Waals surface area contributed by atoms with Crippen molar-refractivity contribution in [1.29, 1.82) is 0 Å². The Labute approximate surface area is 108 Å². The van der Waals surface area contributed by atoms with Crippen LogP contribution in [0.2, 0.25) is 0 Å². The minimum atomic E-state index is -0.0783. The zero-order chi connectivity index (χ0) is 13.3. The molecule has 1 aromatic carbocycles. The van der Waals surface area contributed by atoms with Crippen LogP contribution in [0, 0.1) is 20.8 Å². The SMILES string of the molecule is Cc1ccc(C(N)C(C)n2nc(C)nc2C)cc1. The Balaban J connectivity index is 2.25. The lowest BCUT2D eigenvalue weighted by Gasteiger charge is -2.21. The van der Waals surface area contributed by atoms with E-state index in [2.05, 4.69) is 48.2 Å². The molecule has 0 aliphatic rings. The maximum Gasteiger partial charge on any atom is 0.147 e. The van der Waals surface area contributed by atoms with Crippen molar-refractivity contribution in [2.75, 3.05) is 0 Å². The molecule has 96 valence electrons. The van der Waals surface area contributed by atoms with E-state index < -0.39 is 0 Å². The second-order valence-electron chi connectivity index (χ2n) is 4.83. The molecule has 0 aliphatic carbocycles. The molecule has 0 amide bonds. The highest BCUT2D eigenvalue weighted by molar-refractivity contribution is 5.24. The van der Waals surface area contributed by atoms with Gasteiger partial charge in [-0.15, -0.1) is 0 Å². The average Bonchev–Trinajstić information content (AvgIpc) is 2.67. The summed E-state index contributed by atoms with van der Waals surface area (Å²) < 4.78 is 1.90. The number of hydrogen-bond acceptors (Lipinski definition) is 3. The first-order valence-corrected chi connectivity index (χ1v) is 6.21. The van der Waals surface area contributed by atoms with Crippen LogP contribution < -0.4 is 5.73 Å². The molecule has 0 saturated heterocycles. The molecule has 2 N–H and O–H groups in total. The summed E-state index contributed by atoms with van der Waals surface area (Å²) in [6.07, 6.45) is 0. The molecule has 0 aliphatic heterocycles. The fourth-order valence-electron chi connectivity index (χ4n) is 2.14. The first-order chi connectivity index (χ1) is 8.49. The van der Waals surface area contributed by atoms with Gasteiger partial charge in [0.15, 0.2) is 0 Å². The molecular weight excluding hydrogens is 224 g/mol. The average molecular weight is 244 g/mol. The molecule has 2 rings (SSSR count). The molecule has 4 heteroatoms. The van der Waals surface area contributed by atoms with Gasteiger partial charge >= 0.3 is 0 Å². The third-order valence-corrected chi connectivity index (χ3v) is 3.28. The Bertz CT molecular complexity index is 527. The number of nitrogens with zero attached hydrogens (tertiary/aromatic N) is 3. The summed E-state index contributed by atoms with van der Waals surface area (Å²) in [4.78, 5) is 4.32. The van der Waals surface area contributed by atoms with Crippen LogP contribution >= 0.6 is 0 Å². The van der Waals surface area contributed by atoms with Crippen LogP contribution in [0.3, 0.4) is 0 Å². The summed E-state index contributed by atoms with van der Waals surface area (Å²) in [5.74, 6) is 1.69. The summed E-state index contributed by atoms with van der Waals surface area (Å²) in [6.45, 7) is 8.00. The van der Waals surface area contributed by atoms with E-state index in [4.69, 9.17) is 5.73 Å². The number of aryl methyl sites for hydroxylation is 3. The lowest BCUT2D eigenvalue weighted by atomic mass is 10.0. The Morgan fingerprint density at radius 1 is 1.11 bits per heavy atom. The normalized spacial score (nSPS) is 14.5. The number of hydrogen-bond donors (Lipinski definition) is 1. The van der Waals surface area contributed by atoms with Crippen molar-refractivity contribution >= 4 is 0 Å². The summed E-state index contributed by atoms with van der Waals surface area (Å²) >= 11 is 0. The predicted molar refractivity (Wildman–Crippen MR) is 72.3 cm³/mol. The Morgan fingerprint density at radius 3 is 2.22 bits per heavy atom. The van der Waals surface area contributed by atoms with Crippen molar-refractivity contribution in [3.63, 3.8) is 0 Å². The fourth-order valence-corrected chi connectivity index (χ4v) is 2.14. The van der Waals surface area contributed by atoms with Crippen molar-refractivity contribution in [1.82, 2.24) is 14.8 Å². The Kier molecular flexibility index (Phi) is 3.48. The molecule has 0 bridgehead atoms. The van der Waals surface area contributed by atoms with Crippen molar-refractivity contribution < 1.29 is 0 Å². The topological polar surface area (TPSA) is 56.7 Å². The van der Waals surface area contributed by atoms with E-state index in [0.717, 1.165) is 17.2 Å². The molecule has 2 unspecified atom stereocenters. The van der Waals surface area contributed by atoms with E-state index in [9.17, 15) is 0 Å². The van der Waals surface area contributed by atoms with Gasteiger partial charge in [0, 0.05) is 0 Å². The van der Waals surface area contributed by atoms with Crippen LogP contribution in [0.4, 0.5) is 0 Å². The monoisotopic (exact) mass is 244 g/mol. The van der Waals surface area contributed by atoms with E-state index in [1.54, 1.807) is 0 Å². The number of nitrogens with two attached hydrogens (primary N) is 1. The molecule has 18 heavy (non-hydrogen) atoms. The summed E-state index contributed by atoms with van der Waals surface area (Å²) in [6, 6.07) is 8.34. The summed E-state index contributed by atoms with van der Waals surface area (Å²) in [5.41, 5.74) is 8.68. The van der Waals surface area contributed by atoms with Gasteiger partial charge in [0.1, 0.15) is 11.6 Å². The maximum absolute atomic E-state index is 6.31. The predicted octanol–water partition coefficient (Wildman–Crippen LogP) is 2.46. The van der Waals surface area contributed by atoms with Gasteiger partial charge in [-0.05, 0) is 33.3 Å². The maximum atomic E-state index is 6.31. The van der Waals surface area contributed by atoms with Gasteiger partial charge in [-0.1, -0.05) is 29.8 Å². The van der Waals surface area contributed by atoms with E-state index in [1.165, 1.54) is 5.56 Å². The van der Waals surface area contributed by atoms with Gasteiger partial charge in [0.05, 0.1) is 12.1 Å². The number of aromatic nitrogens is 3. The van der Waals surface area contributed by atoms with E-state index in [1.807, 2.05) is 18.5 Å². The molecule has 2 aromatic rings. The third kappa shape index (κ3) is 2.43. The Morgan fingerprint density at radius 2 is 1.72 bits per heavy atom. The highest BCUT2D eigenvalue weighted by atomic mass is 15.4.